The molecule has 1 fully saturated rings. The number of benzene rings is 1. The number of hydrogen-bond acceptors (Lipinski definition) is 4. The Morgan fingerprint density at radius 2 is 1.67 bits per heavy atom. The van der Waals surface area contributed by atoms with Crippen molar-refractivity contribution in [3.05, 3.63) is 29.8 Å². The van der Waals surface area contributed by atoms with E-state index < -0.39 is 0 Å². The van der Waals surface area contributed by atoms with E-state index in [9.17, 15) is 9.59 Å². The smallest absolute Gasteiger partial charge is 0.307 e. The Hall–Kier alpha value is -2.04. The number of esters is 1. The van der Waals surface area contributed by atoms with E-state index in [0.717, 1.165) is 37.0 Å². The quantitative estimate of drug-likeness (QED) is 0.641. The third kappa shape index (κ3) is 7.24. The molecule has 1 saturated carbocycles. The number of amides is 1. The number of nitrogens with zero attached hydrogens (tertiary/aromatic N) is 1. The molecule has 0 N–H and O–H groups in total. The van der Waals surface area contributed by atoms with Gasteiger partial charge in [-0.1, -0.05) is 44.2 Å². The van der Waals surface area contributed by atoms with Crippen LogP contribution in [-0.2, 0) is 20.7 Å². The molecule has 0 aliphatic heterocycles. The van der Waals surface area contributed by atoms with Gasteiger partial charge in [0.1, 0.15) is 5.75 Å². The average molecular weight is 376 g/mol. The van der Waals surface area contributed by atoms with E-state index >= 15 is 0 Å². The molecule has 150 valence electrons. The number of rotatable bonds is 8. The van der Waals surface area contributed by atoms with Gasteiger partial charge in [0, 0.05) is 12.6 Å². The normalized spacial score (nSPS) is 15.5. The van der Waals surface area contributed by atoms with Crippen LogP contribution in [0.15, 0.2) is 24.3 Å². The van der Waals surface area contributed by atoms with Crippen molar-refractivity contribution in [2.45, 2.75) is 70.8 Å². The summed E-state index contributed by atoms with van der Waals surface area (Å²) in [5.41, 5.74) is 0.970. The van der Waals surface area contributed by atoms with Gasteiger partial charge in [-0.25, -0.2) is 0 Å². The van der Waals surface area contributed by atoms with Crippen molar-refractivity contribution in [2.24, 2.45) is 0 Å². The summed E-state index contributed by atoms with van der Waals surface area (Å²) in [5.74, 6) is 0.643. The second-order valence-corrected chi connectivity index (χ2v) is 7.17. The Morgan fingerprint density at radius 3 is 2.26 bits per heavy atom. The lowest BCUT2D eigenvalue weighted by Crippen LogP contribution is -2.42. The van der Waals surface area contributed by atoms with Crippen molar-refractivity contribution in [1.29, 1.82) is 0 Å². The molecule has 1 amide bonds. The summed E-state index contributed by atoms with van der Waals surface area (Å²) in [5, 5.41) is 0. The molecule has 0 heterocycles. The molecule has 0 unspecified atom stereocenters. The van der Waals surface area contributed by atoms with Gasteiger partial charge in [0.2, 0.25) is 5.91 Å². The molecule has 0 saturated heterocycles. The number of methoxy groups -OCH3 is 1. The molecule has 0 spiro atoms. The van der Waals surface area contributed by atoms with Crippen LogP contribution in [0.5, 0.6) is 5.75 Å². The van der Waals surface area contributed by atoms with E-state index in [1.54, 1.807) is 0 Å². The van der Waals surface area contributed by atoms with E-state index in [2.05, 4.69) is 0 Å². The highest BCUT2D eigenvalue weighted by Crippen LogP contribution is 2.23. The molecule has 1 aromatic rings. The summed E-state index contributed by atoms with van der Waals surface area (Å²) in [6, 6.07) is 7.92. The third-order valence-electron chi connectivity index (χ3n) is 5.21. The van der Waals surface area contributed by atoms with Crippen molar-refractivity contribution in [3.8, 4) is 5.75 Å². The van der Waals surface area contributed by atoms with Gasteiger partial charge < -0.3 is 14.4 Å². The van der Waals surface area contributed by atoms with Gasteiger partial charge in [-0.2, -0.15) is 0 Å². The van der Waals surface area contributed by atoms with Gasteiger partial charge in [-0.15, -0.1) is 0 Å². The van der Waals surface area contributed by atoms with Gasteiger partial charge in [0.25, 0.3) is 0 Å². The monoisotopic (exact) mass is 375 g/mol. The summed E-state index contributed by atoms with van der Waals surface area (Å²) in [6.45, 7) is 3.01. The number of ether oxygens (including phenoxy) is 2. The van der Waals surface area contributed by atoms with Gasteiger partial charge in [-0.3, -0.25) is 9.59 Å². The summed E-state index contributed by atoms with van der Waals surface area (Å²) in [4.78, 5) is 26.6. The van der Waals surface area contributed by atoms with E-state index in [-0.39, 0.29) is 24.3 Å². The fourth-order valence-corrected chi connectivity index (χ4v) is 3.72. The van der Waals surface area contributed by atoms with Crippen LogP contribution in [0.25, 0.3) is 0 Å². The van der Waals surface area contributed by atoms with Crippen LogP contribution in [0, 0.1) is 0 Å². The average Bonchev–Trinajstić information content (AvgIpc) is 2.64. The highest BCUT2D eigenvalue weighted by Gasteiger charge is 2.25. The molecular weight excluding hydrogens is 342 g/mol. The van der Waals surface area contributed by atoms with Gasteiger partial charge in [0.15, 0.2) is 0 Å². The van der Waals surface area contributed by atoms with Crippen molar-refractivity contribution in [1.82, 2.24) is 4.90 Å². The lowest BCUT2D eigenvalue weighted by atomic mass is 9.95. The largest absolute Gasteiger partial charge is 0.494 e. The molecule has 1 aliphatic rings. The van der Waals surface area contributed by atoms with Gasteiger partial charge in [-0.05, 0) is 37.5 Å². The SMILES string of the molecule is CCOc1ccc(CC(=O)N(CCC(=O)OC)C2CCCCCCC2)cc1. The molecule has 5 heteroatoms. The Bertz CT molecular complexity index is 576. The first-order valence-electron chi connectivity index (χ1n) is 10.2. The molecule has 0 bridgehead atoms. The minimum atomic E-state index is -0.264. The van der Waals surface area contributed by atoms with Crippen molar-refractivity contribution in [2.75, 3.05) is 20.3 Å². The van der Waals surface area contributed by atoms with Crippen molar-refractivity contribution < 1.29 is 19.1 Å². The lowest BCUT2D eigenvalue weighted by molar-refractivity contribution is -0.142. The fourth-order valence-electron chi connectivity index (χ4n) is 3.72. The predicted octanol–water partition coefficient (Wildman–Crippen LogP) is 4.13. The molecule has 1 aromatic carbocycles. The second kappa shape index (κ2) is 11.6. The first-order valence-corrected chi connectivity index (χ1v) is 10.2. The van der Waals surface area contributed by atoms with Crippen LogP contribution in [0.4, 0.5) is 0 Å². The first-order chi connectivity index (χ1) is 13.1. The molecular formula is C22H33NO4. The molecule has 0 radical (unpaired) electrons. The molecule has 0 atom stereocenters. The highest BCUT2D eigenvalue weighted by molar-refractivity contribution is 5.80. The highest BCUT2D eigenvalue weighted by atomic mass is 16.5. The Labute approximate surface area is 163 Å². The van der Waals surface area contributed by atoms with Crippen LogP contribution in [0.1, 0.15) is 63.9 Å². The molecule has 27 heavy (non-hydrogen) atoms. The van der Waals surface area contributed by atoms with Gasteiger partial charge in [0.05, 0.1) is 26.6 Å². The Kier molecular flexibility index (Phi) is 9.16. The van der Waals surface area contributed by atoms with E-state index in [1.807, 2.05) is 36.1 Å². The van der Waals surface area contributed by atoms with Gasteiger partial charge >= 0.3 is 5.97 Å². The summed E-state index contributed by atoms with van der Waals surface area (Å²) >= 11 is 0. The minimum absolute atomic E-state index is 0.0913. The van der Waals surface area contributed by atoms with Crippen LogP contribution < -0.4 is 4.74 Å². The third-order valence-corrected chi connectivity index (χ3v) is 5.21. The zero-order valence-corrected chi connectivity index (χ0v) is 16.7. The molecule has 5 nitrogen and oxygen atoms in total. The summed E-state index contributed by atoms with van der Waals surface area (Å²) < 4.78 is 10.2. The maximum absolute atomic E-state index is 13.1. The van der Waals surface area contributed by atoms with Crippen LogP contribution >= 0.6 is 0 Å². The van der Waals surface area contributed by atoms with Crippen LogP contribution in [0.2, 0.25) is 0 Å². The number of carbonyl (C=O) groups excluding carboxylic acids is 2. The van der Waals surface area contributed by atoms with E-state index in [4.69, 9.17) is 9.47 Å². The Morgan fingerprint density at radius 1 is 1.04 bits per heavy atom. The summed E-state index contributed by atoms with van der Waals surface area (Å²) in [6.07, 6.45) is 8.70. The maximum Gasteiger partial charge on any atom is 0.307 e. The zero-order valence-electron chi connectivity index (χ0n) is 16.7. The maximum atomic E-state index is 13.1. The lowest BCUT2D eigenvalue weighted by Gasteiger charge is -2.33. The molecule has 0 aromatic heterocycles. The topological polar surface area (TPSA) is 55.8 Å². The molecule has 2 rings (SSSR count). The number of hydrogen-bond donors (Lipinski definition) is 0. The van der Waals surface area contributed by atoms with E-state index in [0.29, 0.717) is 19.6 Å². The molecule has 1 aliphatic carbocycles. The minimum Gasteiger partial charge on any atom is -0.494 e. The first kappa shape index (κ1) is 21.3. The van der Waals surface area contributed by atoms with Crippen LogP contribution in [0.3, 0.4) is 0 Å². The zero-order chi connectivity index (χ0) is 19.5. The second-order valence-electron chi connectivity index (χ2n) is 7.17. The van der Waals surface area contributed by atoms with Crippen molar-refractivity contribution >= 4 is 11.9 Å². The predicted molar refractivity (Wildman–Crippen MR) is 106 cm³/mol. The fraction of sp³-hybridized carbons (Fsp3) is 0.636. The standard InChI is InChI=1S/C22H33NO4/c1-3-27-20-13-11-18(12-14-20)17-21(24)23(16-15-22(25)26-2)19-9-7-5-4-6-8-10-19/h11-14,19H,3-10,15-17H2,1-2H3. The number of carbonyl (C=O) groups is 2. The van der Waals surface area contributed by atoms with Crippen LogP contribution in [-0.4, -0.2) is 43.1 Å². The van der Waals surface area contributed by atoms with Crippen molar-refractivity contribution in [3.63, 3.8) is 0 Å². The van der Waals surface area contributed by atoms with E-state index in [1.165, 1.54) is 26.4 Å². The Balaban J connectivity index is 2.04. The summed E-state index contributed by atoms with van der Waals surface area (Å²) in [7, 11) is 1.39.